The average molecular weight is 356 g/mol. The van der Waals surface area contributed by atoms with E-state index in [4.69, 9.17) is 4.42 Å². The van der Waals surface area contributed by atoms with Gasteiger partial charge in [-0.25, -0.2) is 4.79 Å². The largest absolute Gasteiger partial charge is 0.464 e. The molecule has 2 fully saturated rings. The van der Waals surface area contributed by atoms with E-state index in [9.17, 15) is 4.79 Å². The number of nitrogens with one attached hydrogen (secondary N) is 1. The van der Waals surface area contributed by atoms with Crippen LogP contribution in [-0.2, 0) is 13.1 Å². The van der Waals surface area contributed by atoms with Crippen LogP contribution in [0.15, 0.2) is 35.0 Å². The SMILES string of the molecule is CC(CNC(=O)N(Cc1ccc(C2CC2C)o1)C1CC1)Cn1cccn1. The number of carbonyl (C=O) groups excluding carboxylic acids is 1. The summed E-state index contributed by atoms with van der Waals surface area (Å²) >= 11 is 0. The first-order chi connectivity index (χ1) is 12.6. The molecule has 0 aliphatic heterocycles. The van der Waals surface area contributed by atoms with Crippen LogP contribution in [-0.4, -0.2) is 33.3 Å². The minimum Gasteiger partial charge on any atom is -0.464 e. The third kappa shape index (κ3) is 4.11. The Kier molecular flexibility index (Phi) is 4.74. The summed E-state index contributed by atoms with van der Waals surface area (Å²) in [5, 5.41) is 7.31. The molecule has 2 heterocycles. The summed E-state index contributed by atoms with van der Waals surface area (Å²) in [7, 11) is 0. The van der Waals surface area contributed by atoms with Gasteiger partial charge in [0, 0.05) is 37.4 Å². The topological polar surface area (TPSA) is 63.3 Å². The standard InChI is InChI=1S/C20H28N4O2/c1-14(12-23-9-3-8-22-23)11-21-20(25)24(16-4-5-16)13-17-6-7-19(26-17)18-10-15(18)2/h3,6-9,14-16,18H,4-5,10-13H2,1-2H3,(H,21,25). The molecule has 6 heteroatoms. The van der Waals surface area contributed by atoms with E-state index in [0.717, 1.165) is 36.8 Å². The lowest BCUT2D eigenvalue weighted by atomic mass is 10.2. The minimum atomic E-state index is 0.0116. The van der Waals surface area contributed by atoms with Crippen molar-refractivity contribution in [3.05, 3.63) is 42.1 Å². The second-order valence-corrected chi connectivity index (χ2v) is 8.00. The first-order valence-electron chi connectivity index (χ1n) is 9.70. The maximum absolute atomic E-state index is 12.7. The Morgan fingerprint density at radius 3 is 2.92 bits per heavy atom. The van der Waals surface area contributed by atoms with Gasteiger partial charge in [0.25, 0.3) is 0 Å². The molecule has 2 aromatic heterocycles. The lowest BCUT2D eigenvalue weighted by Crippen LogP contribution is -2.42. The highest BCUT2D eigenvalue weighted by Gasteiger charge is 2.37. The predicted molar refractivity (Wildman–Crippen MR) is 98.6 cm³/mol. The van der Waals surface area contributed by atoms with E-state index in [1.807, 2.05) is 27.9 Å². The summed E-state index contributed by atoms with van der Waals surface area (Å²) < 4.78 is 7.90. The number of carbonyl (C=O) groups is 1. The van der Waals surface area contributed by atoms with Crippen molar-refractivity contribution in [2.24, 2.45) is 11.8 Å². The second kappa shape index (κ2) is 7.17. The fourth-order valence-electron chi connectivity index (χ4n) is 3.47. The van der Waals surface area contributed by atoms with Gasteiger partial charge < -0.3 is 14.6 Å². The van der Waals surface area contributed by atoms with Crippen molar-refractivity contribution < 1.29 is 9.21 Å². The van der Waals surface area contributed by atoms with Crippen molar-refractivity contribution in [3.8, 4) is 0 Å². The van der Waals surface area contributed by atoms with Crippen LogP contribution >= 0.6 is 0 Å². The van der Waals surface area contributed by atoms with Crippen LogP contribution in [0.5, 0.6) is 0 Å². The van der Waals surface area contributed by atoms with Crippen LogP contribution in [0.1, 0.15) is 50.5 Å². The molecule has 1 N–H and O–H groups in total. The molecule has 140 valence electrons. The molecule has 0 aromatic carbocycles. The van der Waals surface area contributed by atoms with Crippen LogP contribution in [0.3, 0.4) is 0 Å². The van der Waals surface area contributed by atoms with Crippen molar-refractivity contribution >= 4 is 6.03 Å². The van der Waals surface area contributed by atoms with Crippen LogP contribution < -0.4 is 5.32 Å². The van der Waals surface area contributed by atoms with Crippen LogP contribution in [0.2, 0.25) is 0 Å². The average Bonchev–Trinajstić information content (AvgIpc) is 3.48. The highest BCUT2D eigenvalue weighted by Crippen LogP contribution is 2.47. The lowest BCUT2D eigenvalue weighted by Gasteiger charge is -2.23. The minimum absolute atomic E-state index is 0.0116. The summed E-state index contributed by atoms with van der Waals surface area (Å²) in [6.07, 6.45) is 7.12. The van der Waals surface area contributed by atoms with E-state index in [2.05, 4.69) is 30.3 Å². The Hall–Kier alpha value is -2.24. The second-order valence-electron chi connectivity index (χ2n) is 8.00. The summed E-state index contributed by atoms with van der Waals surface area (Å²) in [6.45, 7) is 6.38. The number of hydrogen-bond donors (Lipinski definition) is 1. The van der Waals surface area contributed by atoms with Crippen LogP contribution in [0.25, 0.3) is 0 Å². The fraction of sp³-hybridized carbons (Fsp3) is 0.600. The Morgan fingerprint density at radius 1 is 1.46 bits per heavy atom. The fourth-order valence-corrected chi connectivity index (χ4v) is 3.47. The zero-order valence-corrected chi connectivity index (χ0v) is 15.6. The Bertz CT molecular complexity index is 735. The molecular weight excluding hydrogens is 328 g/mol. The van der Waals surface area contributed by atoms with Crippen molar-refractivity contribution in [2.75, 3.05) is 6.54 Å². The molecule has 2 aliphatic rings. The van der Waals surface area contributed by atoms with Gasteiger partial charge in [-0.1, -0.05) is 13.8 Å². The number of urea groups is 1. The zero-order valence-electron chi connectivity index (χ0n) is 15.6. The lowest BCUT2D eigenvalue weighted by molar-refractivity contribution is 0.184. The molecule has 2 amide bonds. The number of aromatic nitrogens is 2. The third-order valence-electron chi connectivity index (χ3n) is 5.39. The summed E-state index contributed by atoms with van der Waals surface area (Å²) in [5.41, 5.74) is 0. The van der Waals surface area contributed by atoms with Gasteiger partial charge in [-0.2, -0.15) is 5.10 Å². The molecule has 2 aliphatic carbocycles. The van der Waals surface area contributed by atoms with Gasteiger partial charge in [0.2, 0.25) is 0 Å². The normalized spacial score (nSPS) is 22.8. The molecule has 0 saturated heterocycles. The van der Waals surface area contributed by atoms with E-state index in [1.54, 1.807) is 6.20 Å². The molecule has 0 radical (unpaired) electrons. The molecule has 3 atom stereocenters. The van der Waals surface area contributed by atoms with E-state index in [1.165, 1.54) is 6.42 Å². The van der Waals surface area contributed by atoms with Gasteiger partial charge in [-0.3, -0.25) is 4.68 Å². The van der Waals surface area contributed by atoms with Crippen molar-refractivity contribution in [1.29, 1.82) is 0 Å². The Morgan fingerprint density at radius 2 is 2.27 bits per heavy atom. The van der Waals surface area contributed by atoms with Gasteiger partial charge >= 0.3 is 6.03 Å². The van der Waals surface area contributed by atoms with Crippen molar-refractivity contribution in [2.45, 2.75) is 58.2 Å². The maximum Gasteiger partial charge on any atom is 0.318 e. The smallest absolute Gasteiger partial charge is 0.318 e. The molecule has 2 aromatic rings. The summed E-state index contributed by atoms with van der Waals surface area (Å²) in [5.74, 6) is 3.61. The number of hydrogen-bond acceptors (Lipinski definition) is 3. The Labute approximate surface area is 154 Å². The summed E-state index contributed by atoms with van der Waals surface area (Å²) in [4.78, 5) is 14.6. The molecule has 26 heavy (non-hydrogen) atoms. The number of rotatable bonds is 8. The number of nitrogens with zero attached hydrogens (tertiary/aromatic N) is 3. The predicted octanol–water partition coefficient (Wildman–Crippen LogP) is 3.61. The molecule has 6 nitrogen and oxygen atoms in total. The van der Waals surface area contributed by atoms with Gasteiger partial charge in [0.1, 0.15) is 11.5 Å². The van der Waals surface area contributed by atoms with E-state index >= 15 is 0 Å². The van der Waals surface area contributed by atoms with Crippen LogP contribution in [0, 0.1) is 11.8 Å². The molecule has 2 saturated carbocycles. The van der Waals surface area contributed by atoms with Gasteiger partial charge in [-0.05, 0) is 49.3 Å². The molecule has 4 rings (SSSR count). The monoisotopic (exact) mass is 356 g/mol. The van der Waals surface area contributed by atoms with Gasteiger partial charge in [0.05, 0.1) is 6.54 Å². The first-order valence-corrected chi connectivity index (χ1v) is 9.70. The third-order valence-corrected chi connectivity index (χ3v) is 5.39. The highest BCUT2D eigenvalue weighted by atomic mass is 16.3. The van der Waals surface area contributed by atoms with Crippen molar-refractivity contribution in [1.82, 2.24) is 20.0 Å². The number of furan rings is 1. The van der Waals surface area contributed by atoms with E-state index in [-0.39, 0.29) is 6.03 Å². The van der Waals surface area contributed by atoms with Gasteiger partial charge in [0.15, 0.2) is 0 Å². The molecular formula is C20H28N4O2. The maximum atomic E-state index is 12.7. The first kappa shape index (κ1) is 17.2. The highest BCUT2D eigenvalue weighted by molar-refractivity contribution is 5.74. The summed E-state index contributed by atoms with van der Waals surface area (Å²) in [6, 6.07) is 6.39. The molecule has 0 bridgehead atoms. The number of amides is 2. The molecule has 0 spiro atoms. The van der Waals surface area contributed by atoms with E-state index in [0.29, 0.717) is 31.0 Å². The Balaban J connectivity index is 1.29. The van der Waals surface area contributed by atoms with Crippen molar-refractivity contribution in [3.63, 3.8) is 0 Å². The van der Waals surface area contributed by atoms with E-state index < -0.39 is 0 Å². The molecule has 3 unspecified atom stereocenters. The van der Waals surface area contributed by atoms with Gasteiger partial charge in [-0.15, -0.1) is 0 Å². The quantitative estimate of drug-likeness (QED) is 0.786. The zero-order chi connectivity index (χ0) is 18.1. The van der Waals surface area contributed by atoms with Crippen LogP contribution in [0.4, 0.5) is 4.79 Å².